The number of rotatable bonds is 0. The van der Waals surface area contributed by atoms with Crippen molar-refractivity contribution in [2.24, 2.45) is 0 Å². The Kier molecular flexibility index (Phi) is 3.20. The molecule has 2 heterocycles. The molecule has 4 heteroatoms. The highest BCUT2D eigenvalue weighted by Gasteiger charge is 2.37. The molecule has 0 saturated heterocycles. The van der Waals surface area contributed by atoms with Crippen LogP contribution in [0.15, 0.2) is 105 Å². The first-order valence-corrected chi connectivity index (χ1v) is 12.1. The topological polar surface area (TPSA) is 34.1 Å². The Labute approximate surface area is 178 Å². The molecule has 7 rings (SSSR count). The van der Waals surface area contributed by atoms with Crippen LogP contribution in [-0.4, -0.2) is 8.42 Å². The summed E-state index contributed by atoms with van der Waals surface area (Å²) in [5.41, 5.74) is 3.86. The van der Waals surface area contributed by atoms with E-state index in [2.05, 4.69) is 24.3 Å². The van der Waals surface area contributed by atoms with Crippen LogP contribution < -0.4 is 0 Å². The third-order valence-corrected chi connectivity index (χ3v) is 9.35. The van der Waals surface area contributed by atoms with Crippen LogP contribution in [0.4, 0.5) is 0 Å². The first kappa shape index (κ1) is 16.7. The van der Waals surface area contributed by atoms with E-state index in [0.717, 1.165) is 63.4 Å². The standard InChI is InChI=1S/C26H14O2S2/c27-29-23-13-17-7-3-1-5-15(17)11-21(23)19-9-10-20-22-12-16-6-2-4-8-18(16)14-24(22)30(28)26(20)25(19)29/h1-14H. The van der Waals surface area contributed by atoms with Gasteiger partial charge >= 0.3 is 0 Å². The van der Waals surface area contributed by atoms with Gasteiger partial charge in [0, 0.05) is 22.3 Å². The van der Waals surface area contributed by atoms with Crippen LogP contribution in [-0.2, 0) is 21.6 Å². The molecule has 5 aromatic rings. The summed E-state index contributed by atoms with van der Waals surface area (Å²) in [5, 5.41) is 4.39. The van der Waals surface area contributed by atoms with E-state index in [1.165, 1.54) is 0 Å². The molecule has 2 nitrogen and oxygen atoms in total. The van der Waals surface area contributed by atoms with Crippen molar-refractivity contribution in [2.45, 2.75) is 19.6 Å². The normalized spacial score (nSPS) is 18.3. The van der Waals surface area contributed by atoms with Crippen molar-refractivity contribution < 1.29 is 8.42 Å². The van der Waals surface area contributed by atoms with Crippen molar-refractivity contribution >= 4 is 43.1 Å². The molecule has 0 aliphatic carbocycles. The molecule has 0 bridgehead atoms. The summed E-state index contributed by atoms with van der Waals surface area (Å²) in [6.07, 6.45) is 0. The lowest BCUT2D eigenvalue weighted by Gasteiger charge is -2.06. The van der Waals surface area contributed by atoms with Gasteiger partial charge in [-0.05, 0) is 45.8 Å². The molecular formula is C26H14O2S2. The molecule has 0 spiro atoms. The summed E-state index contributed by atoms with van der Waals surface area (Å²) < 4.78 is 27.2. The summed E-state index contributed by atoms with van der Waals surface area (Å²) in [5.74, 6) is 0. The second-order valence-corrected chi connectivity index (χ2v) is 10.5. The largest absolute Gasteiger partial charge is 0.249 e. The maximum atomic E-state index is 13.6. The molecule has 142 valence electrons. The molecule has 0 saturated carbocycles. The predicted molar refractivity (Wildman–Crippen MR) is 122 cm³/mol. The maximum absolute atomic E-state index is 13.6. The number of hydrogen-bond donors (Lipinski definition) is 0. The quantitative estimate of drug-likeness (QED) is 0.288. The lowest BCUT2D eigenvalue weighted by atomic mass is 9.97. The number of hydrogen-bond acceptors (Lipinski definition) is 2. The van der Waals surface area contributed by atoms with Gasteiger partial charge in [-0.1, -0.05) is 60.7 Å². The Morgan fingerprint density at radius 2 is 0.800 bits per heavy atom. The first-order valence-electron chi connectivity index (χ1n) is 9.77. The fourth-order valence-corrected chi connectivity index (χ4v) is 8.15. The van der Waals surface area contributed by atoms with Crippen LogP contribution in [0.5, 0.6) is 0 Å². The van der Waals surface area contributed by atoms with Gasteiger partial charge in [0.25, 0.3) is 0 Å². The monoisotopic (exact) mass is 422 g/mol. The van der Waals surface area contributed by atoms with Crippen molar-refractivity contribution in [3.05, 3.63) is 84.9 Å². The van der Waals surface area contributed by atoms with Gasteiger partial charge in [0.15, 0.2) is 0 Å². The minimum absolute atomic E-state index is 0.719. The molecule has 0 aromatic heterocycles. The Balaban J connectivity index is 1.53. The summed E-state index contributed by atoms with van der Waals surface area (Å²) >= 11 is 0. The molecule has 5 aromatic carbocycles. The fraction of sp³-hybridized carbons (Fsp3) is 0. The van der Waals surface area contributed by atoms with Gasteiger partial charge < -0.3 is 0 Å². The molecule has 0 radical (unpaired) electrons. The van der Waals surface area contributed by atoms with Gasteiger partial charge in [-0.3, -0.25) is 0 Å². The average molecular weight is 423 g/mol. The SMILES string of the molecule is O=S1c2cc3ccccc3cc2-c2ccc3c(c21)S(=O)c1cc2ccccc2cc1-3. The van der Waals surface area contributed by atoms with Gasteiger partial charge in [-0.25, -0.2) is 8.42 Å². The van der Waals surface area contributed by atoms with Crippen LogP contribution in [0.2, 0.25) is 0 Å². The molecule has 0 N–H and O–H groups in total. The van der Waals surface area contributed by atoms with Crippen LogP contribution in [0.25, 0.3) is 43.8 Å². The number of fused-ring (bicyclic) bond motifs is 9. The zero-order chi connectivity index (χ0) is 20.0. The molecule has 0 fully saturated rings. The first-order chi connectivity index (χ1) is 14.7. The van der Waals surface area contributed by atoms with Crippen LogP contribution in [0.3, 0.4) is 0 Å². The van der Waals surface area contributed by atoms with E-state index in [-0.39, 0.29) is 0 Å². The zero-order valence-electron chi connectivity index (χ0n) is 15.7. The lowest BCUT2D eigenvalue weighted by molar-refractivity contribution is 0.677. The van der Waals surface area contributed by atoms with Crippen molar-refractivity contribution in [2.75, 3.05) is 0 Å². The van der Waals surface area contributed by atoms with E-state index in [0.29, 0.717) is 0 Å². The van der Waals surface area contributed by atoms with Crippen LogP contribution in [0.1, 0.15) is 0 Å². The minimum atomic E-state index is -1.34. The smallest absolute Gasteiger partial charge is 0.0875 e. The lowest BCUT2D eigenvalue weighted by Crippen LogP contribution is -1.95. The summed E-state index contributed by atoms with van der Waals surface area (Å²) in [6.45, 7) is 0. The highest BCUT2D eigenvalue weighted by atomic mass is 32.2. The third-order valence-electron chi connectivity index (χ3n) is 6.16. The van der Waals surface area contributed by atoms with Gasteiger partial charge in [0.2, 0.25) is 0 Å². The average Bonchev–Trinajstić information content (AvgIpc) is 3.22. The highest BCUT2D eigenvalue weighted by molar-refractivity contribution is 7.89. The highest BCUT2D eigenvalue weighted by Crippen LogP contribution is 2.52. The van der Waals surface area contributed by atoms with Gasteiger partial charge in [-0.2, -0.15) is 0 Å². The van der Waals surface area contributed by atoms with E-state index in [4.69, 9.17) is 0 Å². The van der Waals surface area contributed by atoms with E-state index >= 15 is 0 Å². The van der Waals surface area contributed by atoms with Crippen molar-refractivity contribution in [3.63, 3.8) is 0 Å². The summed E-state index contributed by atoms with van der Waals surface area (Å²) in [4.78, 5) is 3.07. The zero-order valence-corrected chi connectivity index (χ0v) is 17.3. The van der Waals surface area contributed by atoms with E-state index in [9.17, 15) is 8.42 Å². The second-order valence-electron chi connectivity index (χ2n) is 7.75. The van der Waals surface area contributed by atoms with Gasteiger partial charge in [0.1, 0.15) is 0 Å². The van der Waals surface area contributed by atoms with E-state index in [1.807, 2.05) is 60.7 Å². The third kappa shape index (κ3) is 2.02. The van der Waals surface area contributed by atoms with Crippen molar-refractivity contribution in [1.29, 1.82) is 0 Å². The molecule has 2 unspecified atom stereocenters. The Morgan fingerprint density at radius 1 is 0.433 bits per heavy atom. The van der Waals surface area contributed by atoms with Crippen molar-refractivity contribution in [3.8, 4) is 22.3 Å². The van der Waals surface area contributed by atoms with Crippen LogP contribution >= 0.6 is 0 Å². The Morgan fingerprint density at radius 3 is 1.20 bits per heavy atom. The number of benzene rings is 5. The Bertz CT molecular complexity index is 1510. The summed E-state index contributed by atoms with van der Waals surface area (Å²) in [7, 11) is -2.68. The predicted octanol–water partition coefficient (Wildman–Crippen LogP) is 6.29. The van der Waals surface area contributed by atoms with E-state index < -0.39 is 21.6 Å². The molecule has 30 heavy (non-hydrogen) atoms. The molecular weight excluding hydrogens is 408 g/mol. The van der Waals surface area contributed by atoms with Gasteiger partial charge in [-0.15, -0.1) is 0 Å². The fourth-order valence-electron chi connectivity index (χ4n) is 4.74. The maximum Gasteiger partial charge on any atom is 0.0875 e. The Hall–Kier alpha value is -3.08. The molecule has 0 amide bonds. The van der Waals surface area contributed by atoms with Crippen LogP contribution in [0, 0.1) is 0 Å². The minimum Gasteiger partial charge on any atom is -0.249 e. The van der Waals surface area contributed by atoms with E-state index in [1.54, 1.807) is 0 Å². The second kappa shape index (κ2) is 5.75. The molecule has 2 aliphatic rings. The summed E-state index contributed by atoms with van der Waals surface area (Å²) in [6, 6.07) is 28.6. The molecule has 2 aliphatic heterocycles. The van der Waals surface area contributed by atoms with Crippen molar-refractivity contribution in [1.82, 2.24) is 0 Å². The molecule has 2 atom stereocenters. The van der Waals surface area contributed by atoms with Gasteiger partial charge in [0.05, 0.1) is 41.2 Å².